The average Bonchev–Trinajstić information content (AvgIpc) is 3.18. The molecule has 3 aromatic rings. The summed E-state index contributed by atoms with van der Waals surface area (Å²) in [6.45, 7) is 6.19. The number of hydrogen-bond donors (Lipinski definition) is 1. The molecular weight excluding hydrogens is 516 g/mol. The third-order valence-corrected chi connectivity index (χ3v) is 6.10. The van der Waals surface area contributed by atoms with Crippen LogP contribution in [0.4, 0.5) is 5.69 Å². The van der Waals surface area contributed by atoms with Crippen molar-refractivity contribution in [2.75, 3.05) is 18.2 Å². The fourth-order valence-corrected chi connectivity index (χ4v) is 4.30. The number of allylic oxidation sites excluding steroid dienone is 1. The Morgan fingerprint density at radius 3 is 2.66 bits per heavy atom. The normalized spacial score (nSPS) is 11.6. The van der Waals surface area contributed by atoms with E-state index in [1.165, 1.54) is 11.8 Å². The summed E-state index contributed by atoms with van der Waals surface area (Å²) in [6.07, 6.45) is 1.39. The maximum atomic E-state index is 12.4. The molecule has 1 N–H and O–H groups in total. The molecule has 0 saturated carbocycles. The summed E-state index contributed by atoms with van der Waals surface area (Å²) < 4.78 is 13.9. The largest absolute Gasteiger partial charge is 0.497 e. The molecule has 1 amide bonds. The second kappa shape index (κ2) is 11.4. The lowest BCUT2D eigenvalue weighted by Gasteiger charge is -2.16. The van der Waals surface area contributed by atoms with E-state index >= 15 is 0 Å². The van der Waals surface area contributed by atoms with E-state index in [2.05, 4.69) is 38.0 Å². The van der Waals surface area contributed by atoms with Crippen LogP contribution in [0.2, 0.25) is 5.02 Å². The van der Waals surface area contributed by atoms with E-state index in [0.29, 0.717) is 34.0 Å². The monoisotopic (exact) mass is 536 g/mol. The SMILES string of the molecule is C=CCn1c(SCC(=O)Nc2ccc(Br)cc2Cl)nnc1C(C)Oc1ccc(OC)cc1. The number of carbonyl (C=O) groups excluding carboxylic acids is 1. The zero-order chi connectivity index (χ0) is 23.1. The van der Waals surface area contributed by atoms with Crippen LogP contribution in [0.25, 0.3) is 0 Å². The fraction of sp³-hybridized carbons (Fsp3) is 0.227. The molecule has 0 bridgehead atoms. The van der Waals surface area contributed by atoms with Crippen molar-refractivity contribution < 1.29 is 14.3 Å². The van der Waals surface area contributed by atoms with Gasteiger partial charge in [0.05, 0.1) is 23.6 Å². The number of halogens is 2. The standard InChI is InChI=1S/C22H22BrClN4O3S/c1-4-11-28-21(14(2)31-17-8-6-16(30-3)7-9-17)26-27-22(28)32-13-20(29)25-19-10-5-15(23)12-18(19)24/h4-10,12,14H,1,11,13H2,2-3H3,(H,25,29). The van der Waals surface area contributed by atoms with Crippen molar-refractivity contribution in [3.05, 3.63) is 70.4 Å². The van der Waals surface area contributed by atoms with Gasteiger partial charge in [-0.3, -0.25) is 9.36 Å². The predicted molar refractivity (Wildman–Crippen MR) is 131 cm³/mol. The molecule has 0 radical (unpaired) electrons. The molecule has 168 valence electrons. The third-order valence-electron chi connectivity index (χ3n) is 4.33. The summed E-state index contributed by atoms with van der Waals surface area (Å²) in [4.78, 5) is 12.4. The lowest BCUT2D eigenvalue weighted by molar-refractivity contribution is -0.113. The topological polar surface area (TPSA) is 78.3 Å². The molecular formula is C22H22BrClN4O3S. The van der Waals surface area contributed by atoms with Crippen molar-refractivity contribution >= 4 is 50.9 Å². The Kier molecular flexibility index (Phi) is 8.60. The Morgan fingerprint density at radius 2 is 2.00 bits per heavy atom. The summed E-state index contributed by atoms with van der Waals surface area (Å²) in [6, 6.07) is 12.6. The van der Waals surface area contributed by atoms with Crippen LogP contribution in [0.3, 0.4) is 0 Å². The Labute approximate surface area is 204 Å². The molecule has 0 aliphatic rings. The molecule has 0 fully saturated rings. The number of nitrogens with zero attached hydrogens (tertiary/aromatic N) is 3. The van der Waals surface area contributed by atoms with Gasteiger partial charge in [-0.15, -0.1) is 16.8 Å². The van der Waals surface area contributed by atoms with Crippen molar-refractivity contribution in [3.8, 4) is 11.5 Å². The summed E-state index contributed by atoms with van der Waals surface area (Å²) in [7, 11) is 1.61. The van der Waals surface area contributed by atoms with Crippen LogP contribution in [0.1, 0.15) is 18.9 Å². The molecule has 7 nitrogen and oxygen atoms in total. The Bertz CT molecular complexity index is 1090. The van der Waals surface area contributed by atoms with Crippen LogP contribution in [0.15, 0.2) is 64.7 Å². The fourth-order valence-electron chi connectivity index (χ4n) is 2.83. The van der Waals surface area contributed by atoms with Gasteiger partial charge in [0.1, 0.15) is 11.5 Å². The first-order chi connectivity index (χ1) is 15.4. The van der Waals surface area contributed by atoms with Crippen LogP contribution >= 0.6 is 39.3 Å². The van der Waals surface area contributed by atoms with Crippen LogP contribution < -0.4 is 14.8 Å². The van der Waals surface area contributed by atoms with Crippen LogP contribution in [-0.4, -0.2) is 33.5 Å². The first-order valence-electron chi connectivity index (χ1n) is 9.63. The van der Waals surface area contributed by atoms with Gasteiger partial charge in [0.25, 0.3) is 0 Å². The van der Waals surface area contributed by atoms with Gasteiger partial charge in [0, 0.05) is 11.0 Å². The highest BCUT2D eigenvalue weighted by molar-refractivity contribution is 9.10. The quantitative estimate of drug-likeness (QED) is 0.262. The molecule has 32 heavy (non-hydrogen) atoms. The number of carbonyl (C=O) groups is 1. The van der Waals surface area contributed by atoms with E-state index in [1.54, 1.807) is 25.3 Å². The summed E-state index contributed by atoms with van der Waals surface area (Å²) in [5.41, 5.74) is 0.551. The number of aromatic nitrogens is 3. The lowest BCUT2D eigenvalue weighted by Crippen LogP contribution is -2.15. The van der Waals surface area contributed by atoms with Gasteiger partial charge in [-0.25, -0.2) is 0 Å². The number of nitrogens with one attached hydrogen (secondary N) is 1. The highest BCUT2D eigenvalue weighted by Crippen LogP contribution is 2.28. The minimum Gasteiger partial charge on any atom is -0.497 e. The van der Waals surface area contributed by atoms with Crippen molar-refractivity contribution in [1.29, 1.82) is 0 Å². The summed E-state index contributed by atoms with van der Waals surface area (Å²) in [5.74, 6) is 2.03. The zero-order valence-electron chi connectivity index (χ0n) is 17.5. The highest BCUT2D eigenvalue weighted by Gasteiger charge is 2.20. The van der Waals surface area contributed by atoms with Gasteiger partial charge in [-0.05, 0) is 49.4 Å². The number of anilines is 1. The number of rotatable bonds is 10. The van der Waals surface area contributed by atoms with Crippen molar-refractivity contribution in [2.24, 2.45) is 0 Å². The number of ether oxygens (including phenoxy) is 2. The number of thioether (sulfide) groups is 1. The number of hydrogen-bond acceptors (Lipinski definition) is 6. The third kappa shape index (κ3) is 6.27. The number of benzene rings is 2. The number of amides is 1. The zero-order valence-corrected chi connectivity index (χ0v) is 20.7. The van der Waals surface area contributed by atoms with Crippen molar-refractivity contribution in [1.82, 2.24) is 14.8 Å². The highest BCUT2D eigenvalue weighted by atomic mass is 79.9. The van der Waals surface area contributed by atoms with Gasteiger partial charge in [-0.2, -0.15) is 0 Å². The molecule has 1 aromatic heterocycles. The molecule has 10 heteroatoms. The second-order valence-electron chi connectivity index (χ2n) is 6.64. The van der Waals surface area contributed by atoms with E-state index in [0.717, 1.165) is 10.2 Å². The van der Waals surface area contributed by atoms with E-state index in [-0.39, 0.29) is 17.8 Å². The van der Waals surface area contributed by atoms with E-state index in [1.807, 2.05) is 41.8 Å². The molecule has 0 aliphatic carbocycles. The second-order valence-corrected chi connectivity index (χ2v) is 8.90. The molecule has 1 heterocycles. The van der Waals surface area contributed by atoms with E-state index in [9.17, 15) is 4.79 Å². The van der Waals surface area contributed by atoms with Gasteiger partial charge >= 0.3 is 0 Å². The van der Waals surface area contributed by atoms with E-state index in [4.69, 9.17) is 21.1 Å². The first-order valence-corrected chi connectivity index (χ1v) is 11.8. The molecule has 1 atom stereocenters. The molecule has 0 aliphatic heterocycles. The average molecular weight is 538 g/mol. The molecule has 1 unspecified atom stereocenters. The summed E-state index contributed by atoms with van der Waals surface area (Å²) >= 11 is 10.8. The smallest absolute Gasteiger partial charge is 0.234 e. The minimum absolute atomic E-state index is 0.148. The van der Waals surface area contributed by atoms with Crippen LogP contribution in [0, 0.1) is 0 Å². The maximum absolute atomic E-state index is 12.4. The van der Waals surface area contributed by atoms with Gasteiger partial charge in [0.15, 0.2) is 17.1 Å². The summed E-state index contributed by atoms with van der Waals surface area (Å²) in [5, 5.41) is 12.4. The van der Waals surface area contributed by atoms with Crippen molar-refractivity contribution in [2.45, 2.75) is 24.7 Å². The van der Waals surface area contributed by atoms with Gasteiger partial charge < -0.3 is 14.8 Å². The maximum Gasteiger partial charge on any atom is 0.234 e. The van der Waals surface area contributed by atoms with Gasteiger partial charge in [0.2, 0.25) is 5.91 Å². The number of methoxy groups -OCH3 is 1. The van der Waals surface area contributed by atoms with Crippen LogP contribution in [0.5, 0.6) is 11.5 Å². The predicted octanol–water partition coefficient (Wildman–Crippen LogP) is 5.76. The van der Waals surface area contributed by atoms with Crippen LogP contribution in [-0.2, 0) is 11.3 Å². The lowest BCUT2D eigenvalue weighted by atomic mass is 10.3. The minimum atomic E-state index is -0.361. The Morgan fingerprint density at radius 1 is 1.28 bits per heavy atom. The van der Waals surface area contributed by atoms with E-state index < -0.39 is 0 Å². The molecule has 3 rings (SSSR count). The first kappa shape index (κ1) is 24.2. The Hall–Kier alpha value is -2.49. The van der Waals surface area contributed by atoms with Gasteiger partial charge in [-0.1, -0.05) is 45.4 Å². The van der Waals surface area contributed by atoms with Crippen molar-refractivity contribution in [3.63, 3.8) is 0 Å². The molecule has 0 spiro atoms. The Balaban J connectivity index is 1.66. The molecule has 2 aromatic carbocycles. The molecule has 0 saturated heterocycles.